The maximum Gasteiger partial charge on any atom is 0.00855 e. The van der Waals surface area contributed by atoms with Crippen LogP contribution < -0.4 is 5.73 Å². The van der Waals surface area contributed by atoms with Gasteiger partial charge in [-0.3, -0.25) is 0 Å². The molecule has 82 valence electrons. The van der Waals surface area contributed by atoms with E-state index in [1.807, 2.05) is 0 Å². The lowest BCUT2D eigenvalue weighted by molar-refractivity contribution is 0.271. The molecule has 1 saturated heterocycles. The Morgan fingerprint density at radius 1 is 0.929 bits per heavy atom. The number of hydrogen-bond donors (Lipinski definition) is 1. The van der Waals surface area contributed by atoms with Gasteiger partial charge in [-0.15, -0.1) is 0 Å². The average Bonchev–Trinajstić information content (AvgIpc) is 2.47. The standard InChI is InChI=1S/C12H23NS/c13-12-7-8-14-9-11(12)10-5-3-1-2-4-6-10/h10-12H,1-9,13H2. The third-order valence-corrected chi connectivity index (χ3v) is 5.11. The molecule has 1 aliphatic carbocycles. The minimum Gasteiger partial charge on any atom is -0.327 e. The van der Waals surface area contributed by atoms with Gasteiger partial charge >= 0.3 is 0 Å². The second-order valence-corrected chi connectivity index (χ2v) is 6.09. The van der Waals surface area contributed by atoms with Gasteiger partial charge in [0.2, 0.25) is 0 Å². The summed E-state index contributed by atoms with van der Waals surface area (Å²) in [5.41, 5.74) is 6.25. The Labute approximate surface area is 92.2 Å². The first-order chi connectivity index (χ1) is 6.88. The second-order valence-electron chi connectivity index (χ2n) is 4.94. The monoisotopic (exact) mass is 213 g/mol. The summed E-state index contributed by atoms with van der Waals surface area (Å²) < 4.78 is 0. The van der Waals surface area contributed by atoms with E-state index in [1.165, 1.54) is 56.5 Å². The summed E-state index contributed by atoms with van der Waals surface area (Å²) in [4.78, 5) is 0. The van der Waals surface area contributed by atoms with E-state index in [9.17, 15) is 0 Å². The minimum atomic E-state index is 0.513. The van der Waals surface area contributed by atoms with Gasteiger partial charge in [-0.2, -0.15) is 11.8 Å². The summed E-state index contributed by atoms with van der Waals surface area (Å²) in [6.45, 7) is 0. The van der Waals surface area contributed by atoms with Crippen molar-refractivity contribution in [3.63, 3.8) is 0 Å². The zero-order valence-electron chi connectivity index (χ0n) is 9.08. The van der Waals surface area contributed by atoms with Crippen LogP contribution in [-0.2, 0) is 0 Å². The molecule has 1 aliphatic heterocycles. The molecule has 2 rings (SSSR count). The summed E-state index contributed by atoms with van der Waals surface area (Å²) in [5.74, 6) is 4.43. The van der Waals surface area contributed by atoms with Crippen LogP contribution in [0.4, 0.5) is 0 Å². The largest absolute Gasteiger partial charge is 0.327 e. The molecule has 0 aromatic carbocycles. The smallest absolute Gasteiger partial charge is 0.00855 e. The van der Waals surface area contributed by atoms with Crippen LogP contribution in [0.15, 0.2) is 0 Å². The van der Waals surface area contributed by atoms with Gasteiger partial charge in [0.05, 0.1) is 0 Å². The molecule has 0 amide bonds. The van der Waals surface area contributed by atoms with Crippen LogP contribution in [0.5, 0.6) is 0 Å². The fourth-order valence-corrected chi connectivity index (χ4v) is 4.40. The predicted octanol–water partition coefficient (Wildman–Crippen LogP) is 3.04. The first-order valence-electron chi connectivity index (χ1n) is 6.21. The highest BCUT2D eigenvalue weighted by Gasteiger charge is 2.29. The molecule has 0 spiro atoms. The van der Waals surface area contributed by atoms with Gasteiger partial charge in [0.25, 0.3) is 0 Å². The fourth-order valence-electron chi connectivity index (χ4n) is 3.00. The minimum absolute atomic E-state index is 0.513. The van der Waals surface area contributed by atoms with Crippen LogP contribution in [0, 0.1) is 11.8 Å². The summed E-state index contributed by atoms with van der Waals surface area (Å²) in [7, 11) is 0. The molecule has 2 N–H and O–H groups in total. The fraction of sp³-hybridized carbons (Fsp3) is 1.00. The molecule has 1 heterocycles. The van der Waals surface area contributed by atoms with Crippen molar-refractivity contribution in [2.24, 2.45) is 17.6 Å². The van der Waals surface area contributed by atoms with Crippen molar-refractivity contribution in [3.8, 4) is 0 Å². The molecule has 2 unspecified atom stereocenters. The lowest BCUT2D eigenvalue weighted by atomic mass is 9.81. The third-order valence-electron chi connectivity index (χ3n) is 3.96. The Morgan fingerprint density at radius 3 is 2.29 bits per heavy atom. The van der Waals surface area contributed by atoms with E-state index in [0.717, 1.165) is 11.8 Å². The number of thioether (sulfide) groups is 1. The predicted molar refractivity (Wildman–Crippen MR) is 64.6 cm³/mol. The van der Waals surface area contributed by atoms with Crippen molar-refractivity contribution in [1.29, 1.82) is 0 Å². The summed E-state index contributed by atoms with van der Waals surface area (Å²) >= 11 is 2.13. The lowest BCUT2D eigenvalue weighted by Gasteiger charge is -2.34. The van der Waals surface area contributed by atoms with Crippen LogP contribution in [0.3, 0.4) is 0 Å². The van der Waals surface area contributed by atoms with Crippen LogP contribution in [0.25, 0.3) is 0 Å². The lowest BCUT2D eigenvalue weighted by Crippen LogP contribution is -2.39. The Bertz CT molecular complexity index is 164. The quantitative estimate of drug-likeness (QED) is 0.678. The molecule has 0 aromatic heterocycles. The molecule has 0 aromatic rings. The zero-order chi connectivity index (χ0) is 9.80. The third kappa shape index (κ3) is 2.66. The molecule has 2 atom stereocenters. The van der Waals surface area contributed by atoms with E-state index in [-0.39, 0.29) is 0 Å². The van der Waals surface area contributed by atoms with E-state index in [0.29, 0.717) is 6.04 Å². The van der Waals surface area contributed by atoms with Gasteiger partial charge < -0.3 is 5.73 Å². The maximum atomic E-state index is 6.25. The number of hydrogen-bond acceptors (Lipinski definition) is 2. The van der Waals surface area contributed by atoms with Gasteiger partial charge in [-0.25, -0.2) is 0 Å². The molecule has 14 heavy (non-hydrogen) atoms. The molecular formula is C12H23NS. The molecular weight excluding hydrogens is 190 g/mol. The van der Waals surface area contributed by atoms with Gasteiger partial charge in [0.1, 0.15) is 0 Å². The second kappa shape index (κ2) is 5.41. The van der Waals surface area contributed by atoms with Crippen LogP contribution >= 0.6 is 11.8 Å². The average molecular weight is 213 g/mol. The van der Waals surface area contributed by atoms with Crippen molar-refractivity contribution in [2.75, 3.05) is 11.5 Å². The van der Waals surface area contributed by atoms with E-state index >= 15 is 0 Å². The summed E-state index contributed by atoms with van der Waals surface area (Å²) in [5, 5.41) is 0. The van der Waals surface area contributed by atoms with E-state index < -0.39 is 0 Å². The van der Waals surface area contributed by atoms with E-state index in [2.05, 4.69) is 11.8 Å². The Hall–Kier alpha value is 0.310. The van der Waals surface area contributed by atoms with Crippen molar-refractivity contribution < 1.29 is 0 Å². The van der Waals surface area contributed by atoms with Crippen molar-refractivity contribution in [2.45, 2.75) is 51.0 Å². The van der Waals surface area contributed by atoms with Gasteiger partial charge in [0.15, 0.2) is 0 Å². The zero-order valence-corrected chi connectivity index (χ0v) is 9.90. The van der Waals surface area contributed by atoms with Crippen LogP contribution in [0.2, 0.25) is 0 Å². The van der Waals surface area contributed by atoms with Crippen LogP contribution in [-0.4, -0.2) is 17.5 Å². The highest BCUT2D eigenvalue weighted by molar-refractivity contribution is 7.99. The van der Waals surface area contributed by atoms with Crippen molar-refractivity contribution in [1.82, 2.24) is 0 Å². The van der Waals surface area contributed by atoms with Gasteiger partial charge in [-0.1, -0.05) is 38.5 Å². The molecule has 0 bridgehead atoms. The molecule has 0 radical (unpaired) electrons. The number of rotatable bonds is 1. The molecule has 2 heteroatoms. The topological polar surface area (TPSA) is 26.0 Å². The Balaban J connectivity index is 1.90. The highest BCUT2D eigenvalue weighted by Crippen LogP contribution is 2.35. The highest BCUT2D eigenvalue weighted by atomic mass is 32.2. The summed E-state index contributed by atoms with van der Waals surface area (Å²) in [6.07, 6.45) is 10.0. The van der Waals surface area contributed by atoms with Gasteiger partial charge in [0, 0.05) is 6.04 Å². The molecule has 1 nitrogen and oxygen atoms in total. The first kappa shape index (κ1) is 10.8. The molecule has 2 aliphatic rings. The van der Waals surface area contributed by atoms with Crippen LogP contribution in [0.1, 0.15) is 44.9 Å². The van der Waals surface area contributed by atoms with Gasteiger partial charge in [-0.05, 0) is 29.8 Å². The van der Waals surface area contributed by atoms with Crippen molar-refractivity contribution in [3.05, 3.63) is 0 Å². The maximum absolute atomic E-state index is 6.25. The SMILES string of the molecule is NC1CCSCC1C1CCCCCC1. The Morgan fingerprint density at radius 2 is 1.64 bits per heavy atom. The molecule has 1 saturated carbocycles. The summed E-state index contributed by atoms with van der Waals surface area (Å²) in [6, 6.07) is 0.513. The number of nitrogens with two attached hydrogens (primary N) is 1. The van der Waals surface area contributed by atoms with E-state index in [4.69, 9.17) is 5.73 Å². The first-order valence-corrected chi connectivity index (χ1v) is 7.37. The normalized spacial score (nSPS) is 36.6. The molecule has 2 fully saturated rings. The van der Waals surface area contributed by atoms with Crippen molar-refractivity contribution >= 4 is 11.8 Å². The van der Waals surface area contributed by atoms with E-state index in [1.54, 1.807) is 0 Å². The Kier molecular flexibility index (Phi) is 4.18.